The van der Waals surface area contributed by atoms with Gasteiger partial charge in [0.25, 0.3) is 5.56 Å². The van der Waals surface area contributed by atoms with Gasteiger partial charge >= 0.3 is 6.18 Å². The molecule has 0 saturated carbocycles. The molecule has 116 valence electrons. The summed E-state index contributed by atoms with van der Waals surface area (Å²) in [5.74, 6) is 0. The van der Waals surface area contributed by atoms with Crippen molar-refractivity contribution < 1.29 is 13.2 Å². The number of halogens is 4. The summed E-state index contributed by atoms with van der Waals surface area (Å²) in [5, 5.41) is 6.58. The highest BCUT2D eigenvalue weighted by molar-refractivity contribution is 9.10. The molecule has 0 unspecified atom stereocenters. The summed E-state index contributed by atoms with van der Waals surface area (Å²) in [6.07, 6.45) is 3.20. The van der Waals surface area contributed by atoms with E-state index in [4.69, 9.17) is 0 Å². The van der Waals surface area contributed by atoms with Crippen LogP contribution in [0.25, 0.3) is 0 Å². The van der Waals surface area contributed by atoms with Gasteiger partial charge in [0.05, 0.1) is 11.9 Å². The summed E-state index contributed by atoms with van der Waals surface area (Å²) < 4.78 is 37.3. The van der Waals surface area contributed by atoms with Gasteiger partial charge in [0, 0.05) is 6.54 Å². The lowest BCUT2D eigenvalue weighted by Crippen LogP contribution is -2.31. The van der Waals surface area contributed by atoms with Gasteiger partial charge in [0.2, 0.25) is 0 Å². The molecule has 0 aliphatic heterocycles. The van der Waals surface area contributed by atoms with Crippen molar-refractivity contribution in [2.75, 3.05) is 11.9 Å². The molecule has 0 saturated heterocycles. The van der Waals surface area contributed by atoms with Crippen LogP contribution >= 0.6 is 15.9 Å². The van der Waals surface area contributed by atoms with Gasteiger partial charge < -0.3 is 5.32 Å². The standard InChI is InChI=1S/C13H15BrF3N3O/c14-11-10(18-6-5-9-3-1-2-4-9)7-19-20(12(11)21)8-13(15,16)17/h3,7,18H,1-2,4-6,8H2. The molecule has 2 rings (SSSR count). The molecule has 0 bridgehead atoms. The fraction of sp³-hybridized carbons (Fsp3) is 0.538. The monoisotopic (exact) mass is 365 g/mol. The first kappa shape index (κ1) is 16.1. The van der Waals surface area contributed by atoms with Crippen molar-refractivity contribution in [3.05, 3.63) is 32.7 Å². The predicted molar refractivity (Wildman–Crippen MR) is 77.3 cm³/mol. The molecule has 1 aromatic rings. The lowest BCUT2D eigenvalue weighted by atomic mass is 10.2. The van der Waals surface area contributed by atoms with Gasteiger partial charge in [-0.3, -0.25) is 4.79 Å². The number of hydrogen-bond acceptors (Lipinski definition) is 3. The quantitative estimate of drug-likeness (QED) is 0.812. The minimum atomic E-state index is -4.47. The predicted octanol–water partition coefficient (Wildman–Crippen LogP) is 3.48. The van der Waals surface area contributed by atoms with Gasteiger partial charge in [0.15, 0.2) is 0 Å². The van der Waals surface area contributed by atoms with Gasteiger partial charge in [-0.15, -0.1) is 0 Å². The maximum atomic E-state index is 12.3. The van der Waals surface area contributed by atoms with Crippen molar-refractivity contribution in [3.8, 4) is 0 Å². The molecule has 4 nitrogen and oxygen atoms in total. The first-order valence-electron chi connectivity index (χ1n) is 6.61. The Kier molecular flexibility index (Phi) is 5.08. The second-order valence-electron chi connectivity index (χ2n) is 4.88. The summed E-state index contributed by atoms with van der Waals surface area (Å²) in [4.78, 5) is 11.8. The molecule has 0 radical (unpaired) electrons. The Bertz CT molecular complexity index is 595. The topological polar surface area (TPSA) is 46.9 Å². The average molecular weight is 366 g/mol. The highest BCUT2D eigenvalue weighted by atomic mass is 79.9. The van der Waals surface area contributed by atoms with Crippen molar-refractivity contribution in [3.63, 3.8) is 0 Å². The fourth-order valence-corrected chi connectivity index (χ4v) is 2.64. The normalized spacial score (nSPS) is 15.1. The molecule has 0 atom stereocenters. The molecule has 21 heavy (non-hydrogen) atoms. The first-order chi connectivity index (χ1) is 9.87. The molecule has 0 amide bonds. The number of nitrogens with one attached hydrogen (secondary N) is 1. The van der Waals surface area contributed by atoms with Crippen molar-refractivity contribution in [2.24, 2.45) is 0 Å². The highest BCUT2D eigenvalue weighted by Crippen LogP contribution is 2.22. The fourth-order valence-electron chi connectivity index (χ4n) is 2.19. The van der Waals surface area contributed by atoms with E-state index in [1.165, 1.54) is 18.2 Å². The van der Waals surface area contributed by atoms with E-state index in [0.717, 1.165) is 19.3 Å². The van der Waals surface area contributed by atoms with Crippen LogP contribution in [0.5, 0.6) is 0 Å². The number of hydrogen-bond donors (Lipinski definition) is 1. The zero-order valence-corrected chi connectivity index (χ0v) is 12.8. The third-order valence-electron chi connectivity index (χ3n) is 3.21. The third kappa shape index (κ3) is 4.59. The minimum Gasteiger partial charge on any atom is -0.382 e. The molecule has 1 aromatic heterocycles. The number of nitrogens with zero attached hydrogens (tertiary/aromatic N) is 2. The molecule has 1 aliphatic rings. The van der Waals surface area contributed by atoms with Crippen molar-refractivity contribution in [1.29, 1.82) is 0 Å². The first-order valence-corrected chi connectivity index (χ1v) is 7.40. The Hall–Kier alpha value is -1.31. The van der Waals surface area contributed by atoms with Gasteiger partial charge in [-0.25, -0.2) is 4.68 Å². The van der Waals surface area contributed by atoms with Crippen molar-refractivity contribution in [1.82, 2.24) is 9.78 Å². The van der Waals surface area contributed by atoms with E-state index in [1.54, 1.807) is 0 Å². The summed E-state index contributed by atoms with van der Waals surface area (Å²) in [5.41, 5.74) is 0.992. The molecule has 8 heteroatoms. The van der Waals surface area contributed by atoms with Gasteiger partial charge in [-0.2, -0.15) is 18.3 Å². The molecule has 1 heterocycles. The van der Waals surface area contributed by atoms with Gasteiger partial charge in [-0.05, 0) is 41.6 Å². The summed E-state index contributed by atoms with van der Waals surface area (Å²) >= 11 is 3.03. The van der Waals surface area contributed by atoms with Gasteiger partial charge in [0.1, 0.15) is 11.0 Å². The molecular formula is C13H15BrF3N3O. The van der Waals surface area contributed by atoms with Crippen molar-refractivity contribution in [2.45, 2.75) is 38.4 Å². The van der Waals surface area contributed by atoms with Crippen LogP contribution in [-0.4, -0.2) is 22.5 Å². The Morgan fingerprint density at radius 1 is 1.43 bits per heavy atom. The Balaban J connectivity index is 2.01. The summed E-state index contributed by atoms with van der Waals surface area (Å²) in [6.45, 7) is -0.771. The summed E-state index contributed by atoms with van der Waals surface area (Å²) in [7, 11) is 0. The Morgan fingerprint density at radius 2 is 2.19 bits per heavy atom. The van der Waals surface area contributed by atoms with Crippen LogP contribution in [0.3, 0.4) is 0 Å². The van der Waals surface area contributed by atoms with Gasteiger partial charge in [-0.1, -0.05) is 11.6 Å². The van der Waals surface area contributed by atoms with Crippen LogP contribution in [0, 0.1) is 0 Å². The number of anilines is 1. The van der Waals surface area contributed by atoms with Crippen molar-refractivity contribution >= 4 is 21.6 Å². The van der Waals surface area contributed by atoms with Crippen LogP contribution in [0.1, 0.15) is 25.7 Å². The van der Waals surface area contributed by atoms with E-state index in [0.29, 0.717) is 16.9 Å². The van der Waals surface area contributed by atoms with Crippen LogP contribution in [0.15, 0.2) is 27.1 Å². The van der Waals surface area contributed by atoms with Crippen LogP contribution in [0.4, 0.5) is 18.9 Å². The SMILES string of the molecule is O=c1c(Br)c(NCCC2=CCCC2)cnn1CC(F)(F)F. The van der Waals surface area contributed by atoms with E-state index in [-0.39, 0.29) is 4.47 Å². The van der Waals surface area contributed by atoms with E-state index >= 15 is 0 Å². The molecule has 0 spiro atoms. The lowest BCUT2D eigenvalue weighted by Gasteiger charge is -2.12. The third-order valence-corrected chi connectivity index (χ3v) is 3.98. The molecule has 1 N–H and O–H groups in total. The van der Waals surface area contributed by atoms with Crippen LogP contribution < -0.4 is 10.9 Å². The highest BCUT2D eigenvalue weighted by Gasteiger charge is 2.29. The Labute approximate surface area is 128 Å². The largest absolute Gasteiger partial charge is 0.408 e. The van der Waals surface area contributed by atoms with E-state index in [9.17, 15) is 18.0 Å². The number of allylic oxidation sites excluding steroid dienone is 1. The number of alkyl halides is 3. The molecule has 1 aliphatic carbocycles. The minimum absolute atomic E-state index is 0.0714. The lowest BCUT2D eigenvalue weighted by molar-refractivity contribution is -0.143. The Morgan fingerprint density at radius 3 is 2.81 bits per heavy atom. The van der Waals surface area contributed by atoms with E-state index < -0.39 is 18.3 Å². The van der Waals surface area contributed by atoms with Crippen LogP contribution in [0.2, 0.25) is 0 Å². The zero-order valence-electron chi connectivity index (χ0n) is 11.2. The van der Waals surface area contributed by atoms with E-state index in [1.807, 2.05) is 0 Å². The maximum Gasteiger partial charge on any atom is 0.408 e. The second-order valence-corrected chi connectivity index (χ2v) is 5.67. The second kappa shape index (κ2) is 6.64. The number of aromatic nitrogens is 2. The maximum absolute atomic E-state index is 12.3. The number of rotatable bonds is 5. The molecule has 0 fully saturated rings. The average Bonchev–Trinajstić information content (AvgIpc) is 2.89. The molecule has 0 aromatic carbocycles. The smallest absolute Gasteiger partial charge is 0.382 e. The molecular weight excluding hydrogens is 351 g/mol. The van der Waals surface area contributed by atoms with Crippen LogP contribution in [-0.2, 0) is 6.54 Å². The van der Waals surface area contributed by atoms with E-state index in [2.05, 4.69) is 32.4 Å². The summed E-state index contributed by atoms with van der Waals surface area (Å²) in [6, 6.07) is 0. The zero-order chi connectivity index (χ0) is 15.5.